The standard InChI is InChI=1S/C12H22N2O3/c1-2-3-8-17-9-4-7-13-11(15)12(16)14-10-5-6-10/h10H,2-9H2,1H3,(H,13,15)(H,14,16). The summed E-state index contributed by atoms with van der Waals surface area (Å²) in [5.74, 6) is -1.05. The van der Waals surface area contributed by atoms with Crippen molar-refractivity contribution in [3.8, 4) is 0 Å². The first kappa shape index (κ1) is 14.0. The van der Waals surface area contributed by atoms with Crippen molar-refractivity contribution in [2.45, 2.75) is 45.1 Å². The number of rotatable bonds is 8. The first-order chi connectivity index (χ1) is 8.24. The first-order valence-electron chi connectivity index (χ1n) is 6.40. The number of carbonyl (C=O) groups excluding carboxylic acids is 2. The van der Waals surface area contributed by atoms with Gasteiger partial charge in [0.05, 0.1) is 0 Å². The van der Waals surface area contributed by atoms with E-state index in [4.69, 9.17) is 4.74 Å². The molecule has 1 saturated carbocycles. The van der Waals surface area contributed by atoms with Gasteiger partial charge in [-0.25, -0.2) is 0 Å². The fraction of sp³-hybridized carbons (Fsp3) is 0.833. The second-order valence-corrected chi connectivity index (χ2v) is 4.32. The van der Waals surface area contributed by atoms with Gasteiger partial charge in [-0.1, -0.05) is 13.3 Å². The van der Waals surface area contributed by atoms with Crippen molar-refractivity contribution in [2.75, 3.05) is 19.8 Å². The molecule has 1 aliphatic carbocycles. The zero-order chi connectivity index (χ0) is 12.5. The summed E-state index contributed by atoms with van der Waals surface area (Å²) in [6.07, 6.45) is 4.91. The van der Waals surface area contributed by atoms with Gasteiger partial charge in [0, 0.05) is 25.8 Å². The molecule has 0 saturated heterocycles. The van der Waals surface area contributed by atoms with Gasteiger partial charge in [0.1, 0.15) is 0 Å². The molecule has 1 fully saturated rings. The summed E-state index contributed by atoms with van der Waals surface area (Å²) in [6, 6.07) is 0.227. The van der Waals surface area contributed by atoms with E-state index in [1.165, 1.54) is 0 Å². The number of hydrogen-bond donors (Lipinski definition) is 2. The molecule has 0 spiro atoms. The molecule has 0 aromatic rings. The maximum atomic E-state index is 11.3. The zero-order valence-corrected chi connectivity index (χ0v) is 10.5. The number of ether oxygens (including phenoxy) is 1. The average Bonchev–Trinajstić information content (AvgIpc) is 3.11. The number of hydrogen-bond acceptors (Lipinski definition) is 3. The van der Waals surface area contributed by atoms with Crippen LogP contribution in [0.25, 0.3) is 0 Å². The minimum Gasteiger partial charge on any atom is -0.381 e. The summed E-state index contributed by atoms with van der Waals surface area (Å²) < 4.78 is 5.34. The van der Waals surface area contributed by atoms with Gasteiger partial charge < -0.3 is 15.4 Å². The Balaban J connectivity index is 1.90. The van der Waals surface area contributed by atoms with Gasteiger partial charge in [-0.2, -0.15) is 0 Å². The second kappa shape index (κ2) is 8.06. The minimum atomic E-state index is -0.537. The van der Waals surface area contributed by atoms with Gasteiger partial charge in [-0.05, 0) is 25.7 Å². The molecule has 0 aromatic carbocycles. The van der Waals surface area contributed by atoms with E-state index in [2.05, 4.69) is 17.6 Å². The number of nitrogens with one attached hydrogen (secondary N) is 2. The summed E-state index contributed by atoms with van der Waals surface area (Å²) in [5.41, 5.74) is 0. The molecule has 0 aromatic heterocycles. The zero-order valence-electron chi connectivity index (χ0n) is 10.5. The smallest absolute Gasteiger partial charge is 0.309 e. The minimum absolute atomic E-state index is 0.227. The van der Waals surface area contributed by atoms with Crippen LogP contribution >= 0.6 is 0 Å². The Morgan fingerprint density at radius 3 is 2.53 bits per heavy atom. The molecule has 1 rings (SSSR count). The van der Waals surface area contributed by atoms with Crippen LogP contribution in [0, 0.1) is 0 Å². The highest BCUT2D eigenvalue weighted by atomic mass is 16.5. The van der Waals surface area contributed by atoms with Gasteiger partial charge in [-0.15, -0.1) is 0 Å². The average molecular weight is 242 g/mol. The van der Waals surface area contributed by atoms with E-state index >= 15 is 0 Å². The molecule has 0 bridgehead atoms. The molecular weight excluding hydrogens is 220 g/mol. The third-order valence-corrected chi connectivity index (χ3v) is 2.51. The Morgan fingerprint density at radius 1 is 1.18 bits per heavy atom. The van der Waals surface area contributed by atoms with Crippen LogP contribution in [0.15, 0.2) is 0 Å². The molecule has 2 amide bonds. The van der Waals surface area contributed by atoms with E-state index < -0.39 is 11.8 Å². The van der Waals surface area contributed by atoms with Gasteiger partial charge in [0.2, 0.25) is 0 Å². The molecule has 1 aliphatic rings. The maximum Gasteiger partial charge on any atom is 0.309 e. The van der Waals surface area contributed by atoms with Crippen LogP contribution in [-0.2, 0) is 14.3 Å². The van der Waals surface area contributed by atoms with Crippen molar-refractivity contribution in [1.29, 1.82) is 0 Å². The lowest BCUT2D eigenvalue weighted by Gasteiger charge is -2.06. The van der Waals surface area contributed by atoms with E-state index in [1.54, 1.807) is 0 Å². The molecule has 0 heterocycles. The summed E-state index contributed by atoms with van der Waals surface area (Å²) >= 11 is 0. The van der Waals surface area contributed by atoms with Crippen LogP contribution in [-0.4, -0.2) is 37.6 Å². The third-order valence-electron chi connectivity index (χ3n) is 2.51. The largest absolute Gasteiger partial charge is 0.381 e. The van der Waals surface area contributed by atoms with Gasteiger partial charge in [0.15, 0.2) is 0 Å². The topological polar surface area (TPSA) is 67.4 Å². The second-order valence-electron chi connectivity index (χ2n) is 4.32. The van der Waals surface area contributed by atoms with Gasteiger partial charge in [-0.3, -0.25) is 9.59 Å². The Morgan fingerprint density at radius 2 is 1.88 bits per heavy atom. The fourth-order valence-electron chi connectivity index (χ4n) is 1.28. The molecule has 17 heavy (non-hydrogen) atoms. The summed E-state index contributed by atoms with van der Waals surface area (Å²) in [7, 11) is 0. The van der Waals surface area contributed by atoms with Gasteiger partial charge >= 0.3 is 11.8 Å². The molecule has 98 valence electrons. The molecule has 5 heteroatoms. The highest BCUT2D eigenvalue weighted by molar-refractivity contribution is 6.35. The Bertz CT molecular complexity index is 252. The highest BCUT2D eigenvalue weighted by Gasteiger charge is 2.25. The fourth-order valence-corrected chi connectivity index (χ4v) is 1.28. The lowest BCUT2D eigenvalue weighted by atomic mass is 10.3. The summed E-state index contributed by atoms with van der Waals surface area (Å²) in [4.78, 5) is 22.5. The van der Waals surface area contributed by atoms with E-state index in [0.29, 0.717) is 13.2 Å². The normalized spacial score (nSPS) is 14.4. The van der Waals surface area contributed by atoms with Crippen molar-refractivity contribution in [3.63, 3.8) is 0 Å². The lowest BCUT2D eigenvalue weighted by Crippen LogP contribution is -2.41. The number of unbranched alkanes of at least 4 members (excludes halogenated alkanes) is 1. The molecule has 2 N–H and O–H groups in total. The van der Waals surface area contributed by atoms with Crippen molar-refractivity contribution >= 4 is 11.8 Å². The molecule has 0 unspecified atom stereocenters. The lowest BCUT2D eigenvalue weighted by molar-refractivity contribution is -0.139. The Hall–Kier alpha value is -1.10. The van der Waals surface area contributed by atoms with E-state index in [-0.39, 0.29) is 6.04 Å². The van der Waals surface area contributed by atoms with E-state index in [1.807, 2.05) is 0 Å². The highest BCUT2D eigenvalue weighted by Crippen LogP contribution is 2.18. The summed E-state index contributed by atoms with van der Waals surface area (Å²) in [5, 5.41) is 5.22. The molecule has 0 aliphatic heterocycles. The van der Waals surface area contributed by atoms with Crippen molar-refractivity contribution in [1.82, 2.24) is 10.6 Å². The van der Waals surface area contributed by atoms with Crippen LogP contribution in [0.5, 0.6) is 0 Å². The number of amides is 2. The molecule has 0 radical (unpaired) electrons. The molecule has 0 atom stereocenters. The first-order valence-corrected chi connectivity index (χ1v) is 6.40. The van der Waals surface area contributed by atoms with E-state index in [9.17, 15) is 9.59 Å². The monoisotopic (exact) mass is 242 g/mol. The SMILES string of the molecule is CCCCOCCCNC(=O)C(=O)NC1CC1. The predicted molar refractivity (Wildman–Crippen MR) is 64.5 cm³/mol. The van der Waals surface area contributed by atoms with Crippen LogP contribution < -0.4 is 10.6 Å². The predicted octanol–water partition coefficient (Wildman–Crippen LogP) is 0.588. The third kappa shape index (κ3) is 6.94. The van der Waals surface area contributed by atoms with Gasteiger partial charge in [0.25, 0.3) is 0 Å². The van der Waals surface area contributed by atoms with Crippen LogP contribution in [0.2, 0.25) is 0 Å². The van der Waals surface area contributed by atoms with Crippen molar-refractivity contribution in [3.05, 3.63) is 0 Å². The van der Waals surface area contributed by atoms with Crippen molar-refractivity contribution < 1.29 is 14.3 Å². The Labute approximate surface area is 102 Å². The van der Waals surface area contributed by atoms with E-state index in [0.717, 1.165) is 38.7 Å². The molecular formula is C12H22N2O3. The number of carbonyl (C=O) groups is 2. The Kier molecular flexibility index (Phi) is 6.62. The quantitative estimate of drug-likeness (QED) is 0.483. The van der Waals surface area contributed by atoms with Crippen LogP contribution in [0.4, 0.5) is 0 Å². The van der Waals surface area contributed by atoms with Crippen molar-refractivity contribution in [2.24, 2.45) is 0 Å². The molecule has 5 nitrogen and oxygen atoms in total. The van der Waals surface area contributed by atoms with Crippen LogP contribution in [0.1, 0.15) is 39.0 Å². The van der Waals surface area contributed by atoms with Crippen LogP contribution in [0.3, 0.4) is 0 Å². The summed E-state index contributed by atoms with van der Waals surface area (Å²) in [6.45, 7) is 4.00. The maximum absolute atomic E-state index is 11.3.